The Morgan fingerprint density at radius 2 is 1.96 bits per heavy atom. The molecule has 0 unspecified atom stereocenters. The largest absolute Gasteiger partial charge is 0.299 e. The Bertz CT molecular complexity index is 712. The molecule has 2 aromatic rings. The van der Waals surface area contributed by atoms with Crippen molar-refractivity contribution in [3.8, 4) is 0 Å². The van der Waals surface area contributed by atoms with Crippen LogP contribution in [0.1, 0.15) is 56.3 Å². The minimum Gasteiger partial charge on any atom is -0.299 e. The molecule has 1 aliphatic carbocycles. The summed E-state index contributed by atoms with van der Waals surface area (Å²) in [5.41, 5.74) is 0.978. The molecule has 1 N–H and O–H groups in total. The lowest BCUT2D eigenvalue weighted by Gasteiger charge is -2.14. The Hall–Kier alpha value is -2.37. The second-order valence-corrected chi connectivity index (χ2v) is 6.97. The molecule has 0 saturated heterocycles. The van der Waals surface area contributed by atoms with Crippen molar-refractivity contribution in [2.45, 2.75) is 51.4 Å². The monoisotopic (exact) mass is 356 g/mol. The second-order valence-electron chi connectivity index (χ2n) is 6.97. The first-order chi connectivity index (χ1) is 12.7. The van der Waals surface area contributed by atoms with E-state index in [2.05, 4.69) is 26.7 Å². The Labute approximate surface area is 153 Å². The van der Waals surface area contributed by atoms with Gasteiger partial charge in [-0.25, -0.2) is 4.39 Å². The second kappa shape index (κ2) is 9.36. The van der Waals surface area contributed by atoms with Crippen LogP contribution in [-0.2, 0) is 11.2 Å². The highest BCUT2D eigenvalue weighted by Gasteiger charge is 2.32. The van der Waals surface area contributed by atoms with Crippen LogP contribution in [0.3, 0.4) is 0 Å². The molecule has 1 saturated carbocycles. The minimum absolute atomic E-state index is 0.143. The van der Waals surface area contributed by atoms with Gasteiger partial charge in [0.25, 0.3) is 0 Å². The molecule has 1 aromatic heterocycles. The lowest BCUT2D eigenvalue weighted by molar-refractivity contribution is -0.121. The fourth-order valence-corrected chi connectivity index (χ4v) is 3.64. The number of benzene rings is 1. The maximum Gasteiger partial charge on any atom is 0.174 e. The van der Waals surface area contributed by atoms with Crippen LogP contribution in [0.15, 0.2) is 30.3 Å². The van der Waals surface area contributed by atoms with E-state index in [0.717, 1.165) is 56.3 Å². The topological polar surface area (TPSA) is 71.5 Å². The van der Waals surface area contributed by atoms with Crippen LogP contribution in [0.25, 0.3) is 6.08 Å². The molecule has 0 aliphatic heterocycles. The van der Waals surface area contributed by atoms with Gasteiger partial charge in [0.05, 0.1) is 0 Å². The number of Topliss-reactive ketones (excluding diaryl/α,β-unsaturated/α-hetero) is 1. The Balaban J connectivity index is 1.40. The number of nitrogens with zero attached hydrogens (tertiary/aromatic N) is 3. The standard InChI is InChI=1S/C20H25FN4O/c21-17-12-8-15(9-13-17)7-10-16-11-14-19(26)18(16)5-3-1-2-4-6-20-22-24-25-23-20/h7-10,12-13,16,18H,1-6,11,14H2,(H,22,23,24,25)/t16-,18+/m1/s1. The lowest BCUT2D eigenvalue weighted by atomic mass is 9.89. The number of unbranched alkanes of at least 4 members (excludes halogenated alkanes) is 3. The smallest absolute Gasteiger partial charge is 0.174 e. The summed E-state index contributed by atoms with van der Waals surface area (Å²) in [6.07, 6.45) is 11.9. The van der Waals surface area contributed by atoms with Gasteiger partial charge < -0.3 is 0 Å². The van der Waals surface area contributed by atoms with Crippen molar-refractivity contribution >= 4 is 11.9 Å². The van der Waals surface area contributed by atoms with Crippen LogP contribution in [0.5, 0.6) is 0 Å². The first kappa shape index (κ1) is 18.4. The van der Waals surface area contributed by atoms with Crippen LogP contribution >= 0.6 is 0 Å². The summed E-state index contributed by atoms with van der Waals surface area (Å²) in [4.78, 5) is 12.2. The van der Waals surface area contributed by atoms with Gasteiger partial charge in [0, 0.05) is 18.8 Å². The quantitative estimate of drug-likeness (QED) is 0.686. The Morgan fingerprint density at radius 3 is 2.73 bits per heavy atom. The summed E-state index contributed by atoms with van der Waals surface area (Å²) in [7, 11) is 0. The maximum atomic E-state index is 13.0. The van der Waals surface area contributed by atoms with E-state index in [1.807, 2.05) is 6.08 Å². The van der Waals surface area contributed by atoms with Gasteiger partial charge in [0.15, 0.2) is 5.82 Å². The summed E-state index contributed by atoms with van der Waals surface area (Å²) in [5.74, 6) is 1.39. The lowest BCUT2D eigenvalue weighted by Crippen LogP contribution is -2.13. The molecule has 138 valence electrons. The van der Waals surface area contributed by atoms with Crippen molar-refractivity contribution in [2.75, 3.05) is 0 Å². The minimum atomic E-state index is -0.226. The molecule has 0 amide bonds. The van der Waals surface area contributed by atoms with Crippen molar-refractivity contribution in [3.05, 3.63) is 47.5 Å². The highest BCUT2D eigenvalue weighted by atomic mass is 19.1. The number of aryl methyl sites for hydroxylation is 1. The number of rotatable bonds is 9. The van der Waals surface area contributed by atoms with Gasteiger partial charge in [0.1, 0.15) is 11.6 Å². The Kier molecular flexibility index (Phi) is 6.63. The van der Waals surface area contributed by atoms with Gasteiger partial charge in [0.2, 0.25) is 0 Å². The zero-order valence-electron chi connectivity index (χ0n) is 14.9. The molecule has 2 atom stereocenters. The zero-order valence-corrected chi connectivity index (χ0v) is 14.9. The maximum absolute atomic E-state index is 13.0. The van der Waals surface area contributed by atoms with E-state index < -0.39 is 0 Å². The van der Waals surface area contributed by atoms with Crippen molar-refractivity contribution in [1.29, 1.82) is 0 Å². The van der Waals surface area contributed by atoms with E-state index in [-0.39, 0.29) is 11.7 Å². The predicted octanol–water partition coefficient (Wildman–Crippen LogP) is 4.14. The summed E-state index contributed by atoms with van der Waals surface area (Å²) in [6.45, 7) is 0. The average Bonchev–Trinajstić information content (AvgIpc) is 3.28. The van der Waals surface area contributed by atoms with E-state index in [4.69, 9.17) is 0 Å². The molecule has 26 heavy (non-hydrogen) atoms. The third kappa shape index (κ3) is 5.31. The SMILES string of the molecule is O=C1CC[C@@H](C=Cc2ccc(F)cc2)[C@@H]1CCCCCCc1nn[nH]n1. The number of tetrazole rings is 1. The molecular weight excluding hydrogens is 331 g/mol. The van der Waals surface area contributed by atoms with Crippen LogP contribution in [0.2, 0.25) is 0 Å². The van der Waals surface area contributed by atoms with Gasteiger partial charge in [-0.15, -0.1) is 10.2 Å². The van der Waals surface area contributed by atoms with E-state index in [1.165, 1.54) is 12.1 Å². The molecule has 5 nitrogen and oxygen atoms in total. The summed E-state index contributed by atoms with van der Waals surface area (Å²) in [6, 6.07) is 6.46. The number of nitrogens with one attached hydrogen (secondary N) is 1. The van der Waals surface area contributed by atoms with Gasteiger partial charge in [-0.1, -0.05) is 48.8 Å². The number of H-pyrrole nitrogens is 1. The number of aromatic nitrogens is 4. The van der Waals surface area contributed by atoms with Crippen LogP contribution in [0, 0.1) is 17.7 Å². The highest BCUT2D eigenvalue weighted by Crippen LogP contribution is 2.34. The highest BCUT2D eigenvalue weighted by molar-refractivity contribution is 5.83. The van der Waals surface area contributed by atoms with Gasteiger partial charge in [-0.05, 0) is 42.9 Å². The van der Waals surface area contributed by atoms with E-state index in [9.17, 15) is 9.18 Å². The summed E-state index contributed by atoms with van der Waals surface area (Å²) in [5, 5.41) is 13.9. The fourth-order valence-electron chi connectivity index (χ4n) is 3.64. The number of aromatic amines is 1. The molecular formula is C20H25FN4O. The average molecular weight is 356 g/mol. The molecule has 0 radical (unpaired) electrons. The first-order valence-corrected chi connectivity index (χ1v) is 9.41. The van der Waals surface area contributed by atoms with Gasteiger partial charge >= 0.3 is 0 Å². The molecule has 6 heteroatoms. The van der Waals surface area contributed by atoms with E-state index in [0.29, 0.717) is 18.1 Å². The third-order valence-electron chi connectivity index (χ3n) is 5.12. The molecule has 1 heterocycles. The normalized spacial score (nSPS) is 20.3. The van der Waals surface area contributed by atoms with Gasteiger partial charge in [-0.2, -0.15) is 5.21 Å². The molecule has 0 bridgehead atoms. The Morgan fingerprint density at radius 1 is 1.15 bits per heavy atom. The van der Waals surface area contributed by atoms with Crippen LogP contribution in [-0.4, -0.2) is 26.4 Å². The fraction of sp³-hybridized carbons (Fsp3) is 0.500. The molecule has 0 spiro atoms. The summed E-state index contributed by atoms with van der Waals surface area (Å²) >= 11 is 0. The number of hydrogen-bond acceptors (Lipinski definition) is 4. The summed E-state index contributed by atoms with van der Waals surface area (Å²) < 4.78 is 13.0. The number of halogens is 1. The molecule has 1 aliphatic rings. The van der Waals surface area contributed by atoms with Crippen molar-refractivity contribution < 1.29 is 9.18 Å². The first-order valence-electron chi connectivity index (χ1n) is 9.41. The number of allylic oxidation sites excluding steroid dienone is 1. The molecule has 1 fully saturated rings. The van der Waals surface area contributed by atoms with Crippen molar-refractivity contribution in [1.82, 2.24) is 20.6 Å². The zero-order chi connectivity index (χ0) is 18.2. The van der Waals surface area contributed by atoms with E-state index in [1.54, 1.807) is 12.1 Å². The number of carbonyl (C=O) groups is 1. The van der Waals surface area contributed by atoms with E-state index >= 15 is 0 Å². The van der Waals surface area contributed by atoms with Crippen molar-refractivity contribution in [3.63, 3.8) is 0 Å². The van der Waals surface area contributed by atoms with Crippen LogP contribution in [0.4, 0.5) is 4.39 Å². The molecule has 1 aromatic carbocycles. The van der Waals surface area contributed by atoms with Crippen molar-refractivity contribution in [2.24, 2.45) is 11.8 Å². The third-order valence-corrected chi connectivity index (χ3v) is 5.12. The number of hydrogen-bond donors (Lipinski definition) is 1. The van der Waals surface area contributed by atoms with Gasteiger partial charge in [-0.3, -0.25) is 4.79 Å². The van der Waals surface area contributed by atoms with Crippen LogP contribution < -0.4 is 0 Å². The number of carbonyl (C=O) groups excluding carboxylic acids is 1. The number of ketones is 1. The predicted molar refractivity (Wildman–Crippen MR) is 97.6 cm³/mol. The molecule has 3 rings (SSSR count).